The number of hydrogen-bond acceptors (Lipinski definition) is 4. The second-order valence-corrected chi connectivity index (χ2v) is 5.85. The second-order valence-electron chi connectivity index (χ2n) is 5.85. The van der Waals surface area contributed by atoms with Gasteiger partial charge < -0.3 is 14.8 Å². The van der Waals surface area contributed by atoms with E-state index in [1.54, 1.807) is 19.4 Å². The summed E-state index contributed by atoms with van der Waals surface area (Å²) < 4.78 is 11.1. The molecular formula is C17H26N2O3. The van der Waals surface area contributed by atoms with Gasteiger partial charge in [0.1, 0.15) is 5.75 Å². The normalized spacial score (nSPS) is 21.4. The quantitative estimate of drug-likeness (QED) is 0.786. The average molecular weight is 306 g/mol. The Labute approximate surface area is 132 Å². The van der Waals surface area contributed by atoms with Gasteiger partial charge in [-0.2, -0.15) is 0 Å². The summed E-state index contributed by atoms with van der Waals surface area (Å²) >= 11 is 0. The molecule has 0 bridgehead atoms. The zero-order valence-corrected chi connectivity index (χ0v) is 13.5. The SMILES string of the molecule is COc1cccnc1CC(=O)NCCOC1CCCCC1C. The largest absolute Gasteiger partial charge is 0.495 e. The summed E-state index contributed by atoms with van der Waals surface area (Å²) in [7, 11) is 1.58. The summed E-state index contributed by atoms with van der Waals surface area (Å²) in [5, 5.41) is 2.88. The minimum absolute atomic E-state index is 0.0581. The van der Waals surface area contributed by atoms with Crippen molar-refractivity contribution < 1.29 is 14.3 Å². The Balaban J connectivity index is 1.67. The zero-order chi connectivity index (χ0) is 15.8. The predicted octanol–water partition coefficient (Wildman–Crippen LogP) is 2.34. The van der Waals surface area contributed by atoms with Crippen molar-refractivity contribution in [1.82, 2.24) is 10.3 Å². The number of carbonyl (C=O) groups is 1. The van der Waals surface area contributed by atoms with Crippen LogP contribution in [0.15, 0.2) is 18.3 Å². The van der Waals surface area contributed by atoms with E-state index in [4.69, 9.17) is 9.47 Å². The zero-order valence-electron chi connectivity index (χ0n) is 13.5. The summed E-state index contributed by atoms with van der Waals surface area (Å²) in [6, 6.07) is 3.60. The van der Waals surface area contributed by atoms with E-state index in [2.05, 4.69) is 17.2 Å². The standard InChI is InChI=1S/C17H26N2O3/c1-13-6-3-4-7-15(13)22-11-10-19-17(20)12-14-16(21-2)8-5-9-18-14/h5,8-9,13,15H,3-4,6-7,10-12H2,1-2H3,(H,19,20). The maximum absolute atomic E-state index is 11.9. The van der Waals surface area contributed by atoms with Gasteiger partial charge in [-0.1, -0.05) is 19.8 Å². The molecule has 5 heteroatoms. The fourth-order valence-electron chi connectivity index (χ4n) is 2.89. The average Bonchev–Trinajstić information content (AvgIpc) is 2.53. The summed E-state index contributed by atoms with van der Waals surface area (Å²) in [5.41, 5.74) is 0.657. The Kier molecular flexibility index (Phi) is 6.65. The number of amides is 1. The Hall–Kier alpha value is -1.62. The smallest absolute Gasteiger partial charge is 0.226 e. The molecule has 0 aromatic carbocycles. The van der Waals surface area contributed by atoms with Gasteiger partial charge in [-0.15, -0.1) is 0 Å². The topological polar surface area (TPSA) is 60.5 Å². The maximum Gasteiger partial charge on any atom is 0.226 e. The second kappa shape index (κ2) is 8.73. The number of ether oxygens (including phenoxy) is 2. The lowest BCUT2D eigenvalue weighted by Gasteiger charge is -2.28. The van der Waals surface area contributed by atoms with Crippen LogP contribution in [-0.4, -0.2) is 37.3 Å². The number of hydrogen-bond donors (Lipinski definition) is 1. The molecule has 1 amide bonds. The first kappa shape index (κ1) is 16.7. The highest BCUT2D eigenvalue weighted by atomic mass is 16.5. The molecule has 0 aliphatic heterocycles. The van der Waals surface area contributed by atoms with Gasteiger partial charge >= 0.3 is 0 Å². The Bertz CT molecular complexity index is 479. The molecule has 2 atom stereocenters. The molecule has 1 saturated carbocycles. The van der Waals surface area contributed by atoms with Crippen molar-refractivity contribution in [3.05, 3.63) is 24.0 Å². The molecule has 1 heterocycles. The van der Waals surface area contributed by atoms with Crippen molar-refractivity contribution >= 4 is 5.91 Å². The van der Waals surface area contributed by atoms with Gasteiger partial charge in [-0.05, 0) is 30.9 Å². The van der Waals surface area contributed by atoms with E-state index < -0.39 is 0 Å². The third-order valence-corrected chi connectivity index (χ3v) is 4.19. The Morgan fingerprint density at radius 3 is 3.00 bits per heavy atom. The fourth-order valence-corrected chi connectivity index (χ4v) is 2.89. The van der Waals surface area contributed by atoms with Crippen molar-refractivity contribution in [2.24, 2.45) is 5.92 Å². The molecule has 1 N–H and O–H groups in total. The van der Waals surface area contributed by atoms with Gasteiger partial charge in [0.25, 0.3) is 0 Å². The lowest BCUT2D eigenvalue weighted by molar-refractivity contribution is -0.121. The Morgan fingerprint density at radius 2 is 2.23 bits per heavy atom. The molecular weight excluding hydrogens is 280 g/mol. The van der Waals surface area contributed by atoms with Gasteiger partial charge in [0, 0.05) is 12.7 Å². The van der Waals surface area contributed by atoms with E-state index in [0.29, 0.717) is 36.6 Å². The highest BCUT2D eigenvalue weighted by Crippen LogP contribution is 2.25. The van der Waals surface area contributed by atoms with Crippen LogP contribution in [0.3, 0.4) is 0 Å². The summed E-state index contributed by atoms with van der Waals surface area (Å²) in [5.74, 6) is 1.21. The van der Waals surface area contributed by atoms with Crippen LogP contribution >= 0.6 is 0 Å². The summed E-state index contributed by atoms with van der Waals surface area (Å²) in [4.78, 5) is 16.1. The molecule has 22 heavy (non-hydrogen) atoms. The van der Waals surface area contributed by atoms with Crippen LogP contribution in [0.2, 0.25) is 0 Å². The Morgan fingerprint density at radius 1 is 1.41 bits per heavy atom. The van der Waals surface area contributed by atoms with Gasteiger partial charge in [0.2, 0.25) is 5.91 Å². The van der Waals surface area contributed by atoms with Crippen LogP contribution in [0.1, 0.15) is 38.3 Å². The third-order valence-electron chi connectivity index (χ3n) is 4.19. The first-order valence-electron chi connectivity index (χ1n) is 8.07. The molecule has 5 nitrogen and oxygen atoms in total. The van der Waals surface area contributed by atoms with Crippen molar-refractivity contribution in [2.75, 3.05) is 20.3 Å². The van der Waals surface area contributed by atoms with Gasteiger partial charge in [-0.3, -0.25) is 9.78 Å². The number of rotatable bonds is 7. The summed E-state index contributed by atoms with van der Waals surface area (Å²) in [6.45, 7) is 3.35. The lowest BCUT2D eigenvalue weighted by Crippen LogP contribution is -2.32. The minimum Gasteiger partial charge on any atom is -0.495 e. The van der Waals surface area contributed by atoms with E-state index >= 15 is 0 Å². The van der Waals surface area contributed by atoms with E-state index in [-0.39, 0.29) is 12.3 Å². The third kappa shape index (κ3) is 4.98. The molecule has 1 aromatic rings. The first-order valence-corrected chi connectivity index (χ1v) is 8.07. The number of carbonyl (C=O) groups excluding carboxylic acids is 1. The van der Waals surface area contributed by atoms with Crippen LogP contribution in [0.5, 0.6) is 5.75 Å². The summed E-state index contributed by atoms with van der Waals surface area (Å²) in [6.07, 6.45) is 7.19. The number of nitrogens with zero attached hydrogens (tertiary/aromatic N) is 1. The highest BCUT2D eigenvalue weighted by Gasteiger charge is 2.21. The molecule has 1 aliphatic carbocycles. The number of pyridine rings is 1. The molecule has 1 fully saturated rings. The molecule has 122 valence electrons. The maximum atomic E-state index is 11.9. The van der Waals surface area contributed by atoms with Crippen molar-refractivity contribution in [1.29, 1.82) is 0 Å². The predicted molar refractivity (Wildman–Crippen MR) is 84.9 cm³/mol. The molecule has 0 radical (unpaired) electrons. The number of methoxy groups -OCH3 is 1. The minimum atomic E-state index is -0.0581. The van der Waals surface area contributed by atoms with Crippen molar-refractivity contribution in [3.8, 4) is 5.75 Å². The number of aromatic nitrogens is 1. The van der Waals surface area contributed by atoms with Crippen molar-refractivity contribution in [2.45, 2.75) is 45.1 Å². The van der Waals surface area contributed by atoms with E-state index in [0.717, 1.165) is 6.42 Å². The van der Waals surface area contributed by atoms with E-state index in [1.807, 2.05) is 6.07 Å². The van der Waals surface area contributed by atoms with Gasteiger partial charge in [-0.25, -0.2) is 0 Å². The van der Waals surface area contributed by atoms with Gasteiger partial charge in [0.15, 0.2) is 0 Å². The van der Waals surface area contributed by atoms with Crippen LogP contribution in [0.25, 0.3) is 0 Å². The fraction of sp³-hybridized carbons (Fsp3) is 0.647. The molecule has 0 saturated heterocycles. The monoisotopic (exact) mass is 306 g/mol. The van der Waals surface area contributed by atoms with Crippen LogP contribution in [0.4, 0.5) is 0 Å². The van der Waals surface area contributed by atoms with Crippen LogP contribution in [-0.2, 0) is 16.0 Å². The highest BCUT2D eigenvalue weighted by molar-refractivity contribution is 5.78. The molecule has 0 spiro atoms. The van der Waals surface area contributed by atoms with E-state index in [9.17, 15) is 4.79 Å². The van der Waals surface area contributed by atoms with Crippen LogP contribution in [0, 0.1) is 5.92 Å². The first-order chi connectivity index (χ1) is 10.7. The molecule has 1 aromatic heterocycles. The van der Waals surface area contributed by atoms with Gasteiger partial charge in [0.05, 0.1) is 31.9 Å². The lowest BCUT2D eigenvalue weighted by atomic mass is 9.88. The number of nitrogens with one attached hydrogen (secondary N) is 1. The molecule has 2 rings (SSSR count). The molecule has 2 unspecified atom stereocenters. The van der Waals surface area contributed by atoms with Crippen molar-refractivity contribution in [3.63, 3.8) is 0 Å². The van der Waals surface area contributed by atoms with E-state index in [1.165, 1.54) is 19.3 Å². The van der Waals surface area contributed by atoms with Crippen LogP contribution < -0.4 is 10.1 Å². The molecule has 1 aliphatic rings.